The van der Waals surface area contributed by atoms with Crippen LogP contribution < -0.4 is 0 Å². The van der Waals surface area contributed by atoms with E-state index in [2.05, 4.69) is 10.2 Å². The molecule has 1 aromatic heterocycles. The predicted octanol–water partition coefficient (Wildman–Crippen LogP) is 2.27. The van der Waals surface area contributed by atoms with E-state index in [-0.39, 0.29) is 29.3 Å². The summed E-state index contributed by atoms with van der Waals surface area (Å²) in [5.74, 6) is -0.903. The van der Waals surface area contributed by atoms with Crippen LogP contribution in [0.25, 0.3) is 6.08 Å². The Morgan fingerprint density at radius 1 is 1.32 bits per heavy atom. The molecular formula is C18H12N4O5S. The molecule has 1 aromatic carbocycles. The zero-order valence-corrected chi connectivity index (χ0v) is 15.0. The number of fused-ring (bicyclic) bond motifs is 1. The van der Waals surface area contributed by atoms with Crippen LogP contribution in [-0.4, -0.2) is 37.3 Å². The van der Waals surface area contributed by atoms with Crippen molar-refractivity contribution in [3.63, 3.8) is 0 Å². The first kappa shape index (κ1) is 17.9. The maximum atomic E-state index is 12.4. The van der Waals surface area contributed by atoms with Crippen LogP contribution in [0.2, 0.25) is 0 Å². The van der Waals surface area contributed by atoms with E-state index in [4.69, 9.17) is 4.74 Å². The van der Waals surface area contributed by atoms with Crippen molar-refractivity contribution in [2.75, 3.05) is 0 Å². The third-order valence-corrected chi connectivity index (χ3v) is 5.24. The Morgan fingerprint density at radius 3 is 2.79 bits per heavy atom. The molecule has 1 unspecified atom stereocenters. The number of nitrogens with zero attached hydrogens (tertiary/aromatic N) is 4. The average Bonchev–Trinajstić information content (AvgIpc) is 3.12. The highest BCUT2D eigenvalue weighted by Gasteiger charge is 2.49. The van der Waals surface area contributed by atoms with Gasteiger partial charge >= 0.3 is 5.97 Å². The normalized spacial score (nSPS) is 19.1. The lowest BCUT2D eigenvalue weighted by molar-refractivity contribution is -0.384. The minimum absolute atomic E-state index is 0.0404. The van der Waals surface area contributed by atoms with E-state index in [1.807, 2.05) is 0 Å². The number of non-ortho nitro benzene ring substituents is 1. The summed E-state index contributed by atoms with van der Waals surface area (Å²) in [6, 6.07) is 9.17. The molecule has 9 nitrogen and oxygen atoms in total. The number of aromatic nitrogens is 2. The van der Waals surface area contributed by atoms with Gasteiger partial charge in [0.15, 0.2) is 0 Å². The molecule has 2 aliphatic heterocycles. The minimum Gasteiger partial charge on any atom is -0.456 e. The van der Waals surface area contributed by atoms with Gasteiger partial charge in [-0.25, -0.2) is 4.79 Å². The average molecular weight is 396 g/mol. The van der Waals surface area contributed by atoms with Gasteiger partial charge < -0.3 is 4.74 Å². The van der Waals surface area contributed by atoms with Gasteiger partial charge in [0, 0.05) is 23.7 Å². The van der Waals surface area contributed by atoms with Gasteiger partial charge in [0.05, 0.1) is 16.2 Å². The molecule has 1 atom stereocenters. The largest absolute Gasteiger partial charge is 0.456 e. The summed E-state index contributed by atoms with van der Waals surface area (Å²) in [5.41, 5.74) is 1.86. The smallest absolute Gasteiger partial charge is 0.355 e. The number of hydrogen-bond acceptors (Lipinski definition) is 8. The van der Waals surface area contributed by atoms with Gasteiger partial charge in [0.2, 0.25) is 0 Å². The van der Waals surface area contributed by atoms with Crippen LogP contribution in [0.5, 0.6) is 0 Å². The fourth-order valence-corrected chi connectivity index (χ4v) is 3.86. The zero-order chi connectivity index (χ0) is 19.7. The lowest BCUT2D eigenvalue weighted by atomic mass is 10.0. The van der Waals surface area contributed by atoms with Gasteiger partial charge in [-0.1, -0.05) is 0 Å². The third-order valence-electron chi connectivity index (χ3n) is 4.16. The number of amides is 1. The second kappa shape index (κ2) is 7.24. The molecule has 0 bridgehead atoms. The maximum absolute atomic E-state index is 12.4. The Labute approximate surface area is 162 Å². The van der Waals surface area contributed by atoms with Crippen molar-refractivity contribution in [2.45, 2.75) is 12.0 Å². The van der Waals surface area contributed by atoms with Crippen molar-refractivity contribution < 1.29 is 19.2 Å². The molecule has 0 N–H and O–H groups in total. The molecule has 2 aromatic rings. The number of rotatable bonds is 5. The second-order valence-corrected chi connectivity index (χ2v) is 6.87. The van der Waals surface area contributed by atoms with Crippen LogP contribution in [0.4, 0.5) is 5.69 Å². The molecule has 1 fully saturated rings. The molecule has 10 heteroatoms. The van der Waals surface area contributed by atoms with E-state index >= 15 is 0 Å². The molecule has 0 radical (unpaired) electrons. The Bertz CT molecular complexity index is 1020. The first-order valence-electron chi connectivity index (χ1n) is 8.13. The summed E-state index contributed by atoms with van der Waals surface area (Å²) in [7, 11) is 0. The van der Waals surface area contributed by atoms with Crippen LogP contribution in [0, 0.1) is 10.1 Å². The third kappa shape index (κ3) is 3.25. The summed E-state index contributed by atoms with van der Waals surface area (Å²) < 4.78 is 5.24. The van der Waals surface area contributed by atoms with E-state index in [9.17, 15) is 19.7 Å². The molecule has 0 aliphatic carbocycles. The highest BCUT2D eigenvalue weighted by molar-refractivity contribution is 8.03. The van der Waals surface area contributed by atoms with E-state index < -0.39 is 10.9 Å². The predicted molar refractivity (Wildman–Crippen MR) is 99.2 cm³/mol. The van der Waals surface area contributed by atoms with Crippen molar-refractivity contribution in [3.05, 3.63) is 80.6 Å². The lowest BCUT2D eigenvalue weighted by Crippen LogP contribution is -2.51. The summed E-state index contributed by atoms with van der Waals surface area (Å²) in [5, 5.41) is 19.7. The molecule has 28 heavy (non-hydrogen) atoms. The first-order chi connectivity index (χ1) is 13.5. The fourth-order valence-electron chi connectivity index (χ4n) is 2.75. The van der Waals surface area contributed by atoms with Gasteiger partial charge in [-0.15, -0.1) is 11.8 Å². The topological polar surface area (TPSA) is 116 Å². The van der Waals surface area contributed by atoms with Crippen molar-refractivity contribution in [3.8, 4) is 0 Å². The van der Waals surface area contributed by atoms with Crippen LogP contribution in [0.3, 0.4) is 0 Å². The Balaban J connectivity index is 1.38. The SMILES string of the molecule is O=C(OCc1ccc([N+](=O)[O-])cc1)C1=CSC2C(=Cc3cccnn3)C(=O)N12. The standard InChI is InChI=1S/C18H12N4O5S/c23-16-14(8-12-2-1-7-19-20-12)17-21(16)15(10-28-17)18(24)27-9-11-3-5-13(6-4-11)22(25)26/h1-8,10,17H,9H2. The number of esters is 1. The van der Waals surface area contributed by atoms with Gasteiger partial charge in [0.25, 0.3) is 11.6 Å². The Hall–Kier alpha value is -3.53. The van der Waals surface area contributed by atoms with Crippen LogP contribution in [-0.2, 0) is 20.9 Å². The van der Waals surface area contributed by atoms with Crippen LogP contribution in [0.15, 0.2) is 59.3 Å². The zero-order valence-electron chi connectivity index (χ0n) is 14.2. The highest BCUT2D eigenvalue weighted by atomic mass is 32.2. The highest BCUT2D eigenvalue weighted by Crippen LogP contribution is 2.45. The second-order valence-electron chi connectivity index (χ2n) is 5.91. The molecule has 2 aliphatic rings. The molecule has 0 spiro atoms. The number of carbonyl (C=O) groups excluding carboxylic acids is 2. The number of carbonyl (C=O) groups is 2. The minimum atomic E-state index is -0.625. The molecule has 1 amide bonds. The number of β-lactam (4-membered cyclic amide) rings is 1. The van der Waals surface area contributed by atoms with Crippen molar-refractivity contribution >= 4 is 35.4 Å². The summed E-state index contributed by atoms with van der Waals surface area (Å²) >= 11 is 1.34. The molecular weight excluding hydrogens is 384 g/mol. The summed E-state index contributed by atoms with van der Waals surface area (Å²) in [6.07, 6.45) is 3.20. The van der Waals surface area contributed by atoms with Gasteiger partial charge in [-0.05, 0) is 35.9 Å². The number of nitro benzene ring substituents is 1. The quantitative estimate of drug-likeness (QED) is 0.248. The van der Waals surface area contributed by atoms with E-state index in [1.165, 1.54) is 40.9 Å². The van der Waals surface area contributed by atoms with Gasteiger partial charge in [-0.2, -0.15) is 10.2 Å². The number of thioether (sulfide) groups is 1. The monoisotopic (exact) mass is 396 g/mol. The van der Waals surface area contributed by atoms with Gasteiger partial charge in [-0.3, -0.25) is 19.8 Å². The fraction of sp³-hybridized carbons (Fsp3) is 0.111. The van der Waals surface area contributed by atoms with Crippen LogP contribution in [0.1, 0.15) is 11.3 Å². The number of ether oxygens (including phenoxy) is 1. The van der Waals surface area contributed by atoms with Crippen molar-refractivity contribution in [1.29, 1.82) is 0 Å². The molecule has 3 heterocycles. The first-order valence-corrected chi connectivity index (χ1v) is 9.08. The summed E-state index contributed by atoms with van der Waals surface area (Å²) in [6.45, 7) is -0.0478. The Kier molecular flexibility index (Phi) is 4.62. The summed E-state index contributed by atoms with van der Waals surface area (Å²) in [4.78, 5) is 36.3. The van der Waals surface area contributed by atoms with Crippen LogP contribution >= 0.6 is 11.8 Å². The van der Waals surface area contributed by atoms with E-state index in [1.54, 1.807) is 29.8 Å². The number of benzene rings is 1. The molecule has 1 saturated heterocycles. The molecule has 4 rings (SSSR count). The Morgan fingerprint density at radius 2 is 2.11 bits per heavy atom. The van der Waals surface area contributed by atoms with E-state index in [0.717, 1.165) is 0 Å². The molecule has 0 saturated carbocycles. The number of nitro groups is 1. The maximum Gasteiger partial charge on any atom is 0.355 e. The van der Waals surface area contributed by atoms with Gasteiger partial charge in [0.1, 0.15) is 17.7 Å². The lowest BCUT2D eigenvalue weighted by Gasteiger charge is -2.37. The number of hydrogen-bond donors (Lipinski definition) is 0. The molecule has 140 valence electrons. The van der Waals surface area contributed by atoms with E-state index in [0.29, 0.717) is 16.8 Å². The van der Waals surface area contributed by atoms with Crippen molar-refractivity contribution in [1.82, 2.24) is 15.1 Å². The van der Waals surface area contributed by atoms with Crippen molar-refractivity contribution in [2.24, 2.45) is 0 Å².